The first-order chi connectivity index (χ1) is 21.0. The topological polar surface area (TPSA) is 121 Å². The highest BCUT2D eigenvalue weighted by Crippen LogP contribution is 2.36. The SMILES string of the molecule is COc1cc(F)cc(-c2cncc3[nH]c(-c4n[nH]c5ncc(-c6cncc(NC(=O)CC7CCCCC7)c6)cc45)cc23)c1. The van der Waals surface area contributed by atoms with Crippen LogP contribution in [0.1, 0.15) is 38.5 Å². The number of H-pyrrole nitrogens is 2. The second-order valence-electron chi connectivity index (χ2n) is 11.1. The Kier molecular flexibility index (Phi) is 7.02. The van der Waals surface area contributed by atoms with Gasteiger partial charge in [0, 0.05) is 58.5 Å². The Morgan fingerprint density at radius 3 is 2.63 bits per heavy atom. The third-order valence-electron chi connectivity index (χ3n) is 8.19. The molecule has 0 atom stereocenters. The molecule has 0 unspecified atom stereocenters. The van der Waals surface area contributed by atoms with Gasteiger partial charge in [-0.1, -0.05) is 19.3 Å². The predicted molar refractivity (Wildman–Crippen MR) is 164 cm³/mol. The zero-order valence-corrected chi connectivity index (χ0v) is 23.7. The lowest BCUT2D eigenvalue weighted by atomic mass is 9.87. The summed E-state index contributed by atoms with van der Waals surface area (Å²) < 4.78 is 19.6. The third-order valence-corrected chi connectivity index (χ3v) is 8.19. The molecule has 216 valence electrons. The fourth-order valence-electron chi connectivity index (χ4n) is 6.04. The number of aromatic amines is 2. The van der Waals surface area contributed by atoms with Crippen molar-refractivity contribution in [2.45, 2.75) is 38.5 Å². The second kappa shape index (κ2) is 11.3. The van der Waals surface area contributed by atoms with Gasteiger partial charge in [0.25, 0.3) is 0 Å². The first-order valence-electron chi connectivity index (χ1n) is 14.5. The fraction of sp³-hybridized carbons (Fsp3) is 0.242. The summed E-state index contributed by atoms with van der Waals surface area (Å²) in [6, 6.07) is 10.5. The Bertz CT molecular complexity index is 1960. The number of methoxy groups -OCH3 is 1. The number of pyridine rings is 3. The number of hydrogen-bond acceptors (Lipinski definition) is 6. The van der Waals surface area contributed by atoms with Gasteiger partial charge in [0.05, 0.1) is 36.4 Å². The van der Waals surface area contributed by atoms with Crippen molar-refractivity contribution >= 4 is 33.5 Å². The van der Waals surface area contributed by atoms with Gasteiger partial charge >= 0.3 is 0 Å². The predicted octanol–water partition coefficient (Wildman–Crippen LogP) is 7.29. The molecule has 1 aromatic carbocycles. The molecule has 1 saturated carbocycles. The average Bonchev–Trinajstić information content (AvgIpc) is 3.65. The summed E-state index contributed by atoms with van der Waals surface area (Å²) in [6.45, 7) is 0. The number of nitrogens with one attached hydrogen (secondary N) is 3. The lowest BCUT2D eigenvalue weighted by Gasteiger charge is -2.20. The summed E-state index contributed by atoms with van der Waals surface area (Å²) >= 11 is 0. The number of amides is 1. The number of nitrogens with zero attached hydrogens (tertiary/aromatic N) is 4. The van der Waals surface area contributed by atoms with Gasteiger partial charge in [-0.2, -0.15) is 5.10 Å². The molecule has 5 aromatic heterocycles. The Morgan fingerprint density at radius 1 is 0.930 bits per heavy atom. The number of ether oxygens (including phenoxy) is 1. The molecule has 6 aromatic rings. The van der Waals surface area contributed by atoms with E-state index in [9.17, 15) is 9.18 Å². The minimum atomic E-state index is -0.388. The van der Waals surface area contributed by atoms with E-state index in [4.69, 9.17) is 4.74 Å². The maximum Gasteiger partial charge on any atom is 0.224 e. The van der Waals surface area contributed by atoms with E-state index >= 15 is 0 Å². The van der Waals surface area contributed by atoms with E-state index in [1.807, 2.05) is 18.2 Å². The van der Waals surface area contributed by atoms with Crippen LogP contribution in [0.25, 0.3) is 55.6 Å². The standard InChI is InChI=1S/C33H30FN7O2/c1-43-25-10-20(8-23(34)12-25)28-17-36-18-30-26(28)13-29(39-30)32-27-11-22(15-37-33(27)41-40-32)21-9-24(16-35-14-21)38-31(42)7-19-5-3-2-4-6-19/h8-19,39H,2-7H2,1H3,(H,38,42)(H,37,40,41). The Labute approximate surface area is 247 Å². The minimum absolute atomic E-state index is 0.0286. The number of benzene rings is 1. The lowest BCUT2D eigenvalue weighted by molar-refractivity contribution is -0.117. The molecule has 0 radical (unpaired) electrons. The van der Waals surface area contributed by atoms with Crippen LogP contribution >= 0.6 is 0 Å². The summed E-state index contributed by atoms with van der Waals surface area (Å²) in [4.78, 5) is 29.5. The molecule has 0 spiro atoms. The van der Waals surface area contributed by atoms with E-state index < -0.39 is 0 Å². The van der Waals surface area contributed by atoms with Crippen LogP contribution in [0.5, 0.6) is 5.75 Å². The average molecular weight is 576 g/mol. The van der Waals surface area contributed by atoms with Gasteiger partial charge in [0.15, 0.2) is 5.65 Å². The summed E-state index contributed by atoms with van der Waals surface area (Å²) in [7, 11) is 1.51. The highest BCUT2D eigenvalue weighted by Gasteiger charge is 2.18. The molecule has 43 heavy (non-hydrogen) atoms. The molecule has 0 bridgehead atoms. The smallest absolute Gasteiger partial charge is 0.224 e. The van der Waals surface area contributed by atoms with Gasteiger partial charge in [0.1, 0.15) is 17.3 Å². The number of carbonyl (C=O) groups excluding carboxylic acids is 1. The fourth-order valence-corrected chi connectivity index (χ4v) is 6.04. The second-order valence-corrected chi connectivity index (χ2v) is 11.1. The molecule has 7 rings (SSSR count). The van der Waals surface area contributed by atoms with Crippen molar-refractivity contribution in [3.8, 4) is 39.4 Å². The summed E-state index contributed by atoms with van der Waals surface area (Å²) in [5.41, 5.74) is 6.65. The number of anilines is 1. The Hall–Kier alpha value is -5.12. The highest BCUT2D eigenvalue weighted by molar-refractivity contribution is 6.01. The number of rotatable bonds is 7. The number of hydrogen-bond donors (Lipinski definition) is 3. The van der Waals surface area contributed by atoms with Gasteiger partial charge in [-0.25, -0.2) is 9.37 Å². The lowest BCUT2D eigenvalue weighted by Crippen LogP contribution is -2.18. The molecule has 9 nitrogen and oxygen atoms in total. The van der Waals surface area contributed by atoms with Crippen LogP contribution in [0.4, 0.5) is 10.1 Å². The van der Waals surface area contributed by atoms with Gasteiger partial charge in [-0.05, 0) is 54.7 Å². The van der Waals surface area contributed by atoms with Crippen LogP contribution in [0.15, 0.2) is 67.4 Å². The van der Waals surface area contributed by atoms with Gasteiger partial charge in [-0.15, -0.1) is 0 Å². The molecule has 1 aliphatic carbocycles. The van der Waals surface area contributed by atoms with Gasteiger partial charge in [-0.3, -0.25) is 19.9 Å². The zero-order chi connectivity index (χ0) is 29.3. The summed E-state index contributed by atoms with van der Waals surface area (Å²) in [6.07, 6.45) is 15.1. The van der Waals surface area contributed by atoms with Crippen molar-refractivity contribution in [2.24, 2.45) is 5.92 Å². The third kappa shape index (κ3) is 5.43. The molecule has 0 aliphatic heterocycles. The quantitative estimate of drug-likeness (QED) is 0.184. The van der Waals surface area contributed by atoms with Crippen LogP contribution in [-0.4, -0.2) is 43.2 Å². The van der Waals surface area contributed by atoms with Crippen molar-refractivity contribution in [3.05, 3.63) is 73.2 Å². The van der Waals surface area contributed by atoms with Gasteiger partial charge in [0.2, 0.25) is 5.91 Å². The number of carbonyl (C=O) groups is 1. The summed E-state index contributed by atoms with van der Waals surface area (Å²) in [5.74, 6) is 0.536. The number of aromatic nitrogens is 6. The van der Waals surface area contributed by atoms with Crippen molar-refractivity contribution in [3.63, 3.8) is 0 Å². The highest BCUT2D eigenvalue weighted by atomic mass is 19.1. The Balaban J connectivity index is 1.20. The van der Waals surface area contributed by atoms with Crippen molar-refractivity contribution in [1.82, 2.24) is 30.1 Å². The van der Waals surface area contributed by atoms with E-state index in [0.29, 0.717) is 40.7 Å². The van der Waals surface area contributed by atoms with E-state index in [-0.39, 0.29) is 11.7 Å². The number of fused-ring (bicyclic) bond motifs is 2. The maximum atomic E-state index is 14.3. The van der Waals surface area contributed by atoms with E-state index in [1.165, 1.54) is 38.5 Å². The largest absolute Gasteiger partial charge is 0.497 e. The molecule has 3 N–H and O–H groups in total. The summed E-state index contributed by atoms with van der Waals surface area (Å²) in [5, 5.41) is 12.3. The molecule has 5 heterocycles. The van der Waals surface area contributed by atoms with Crippen LogP contribution in [0, 0.1) is 11.7 Å². The first kappa shape index (κ1) is 26.8. The first-order valence-corrected chi connectivity index (χ1v) is 14.5. The Morgan fingerprint density at radius 2 is 1.77 bits per heavy atom. The van der Waals surface area contributed by atoms with Crippen molar-refractivity contribution < 1.29 is 13.9 Å². The molecule has 10 heteroatoms. The zero-order valence-electron chi connectivity index (χ0n) is 23.7. The maximum absolute atomic E-state index is 14.3. The van der Waals surface area contributed by atoms with Crippen LogP contribution < -0.4 is 10.1 Å². The van der Waals surface area contributed by atoms with Crippen LogP contribution in [-0.2, 0) is 4.79 Å². The number of halogens is 1. The monoisotopic (exact) mass is 575 g/mol. The minimum Gasteiger partial charge on any atom is -0.497 e. The van der Waals surface area contributed by atoms with E-state index in [1.54, 1.807) is 37.1 Å². The molecule has 1 aliphatic rings. The van der Waals surface area contributed by atoms with Crippen LogP contribution in [0.3, 0.4) is 0 Å². The van der Waals surface area contributed by atoms with E-state index in [0.717, 1.165) is 51.5 Å². The van der Waals surface area contributed by atoms with Gasteiger partial charge < -0.3 is 15.0 Å². The molecule has 0 saturated heterocycles. The van der Waals surface area contributed by atoms with E-state index in [2.05, 4.69) is 35.5 Å². The van der Waals surface area contributed by atoms with Crippen molar-refractivity contribution in [2.75, 3.05) is 12.4 Å². The molecular formula is C33H30FN7O2. The molecular weight excluding hydrogens is 545 g/mol. The van der Waals surface area contributed by atoms with Crippen LogP contribution in [0.2, 0.25) is 0 Å². The normalized spacial score (nSPS) is 13.9. The van der Waals surface area contributed by atoms with Crippen molar-refractivity contribution in [1.29, 1.82) is 0 Å². The molecule has 1 amide bonds. The molecule has 1 fully saturated rings.